The van der Waals surface area contributed by atoms with Crippen molar-refractivity contribution in [3.05, 3.63) is 52.7 Å². The maximum absolute atomic E-state index is 14.2. The molecule has 226 valence electrons. The minimum atomic E-state index is -0.764. The topological polar surface area (TPSA) is 69.8 Å². The van der Waals surface area contributed by atoms with Crippen LogP contribution in [0.4, 0.5) is 4.39 Å². The Bertz CT molecular complexity index is 1120. The molecule has 3 aliphatic rings. The molecule has 5 rings (SSSR count). The molecule has 0 amide bonds. The first kappa shape index (κ1) is 34.8. The van der Waals surface area contributed by atoms with Crippen LogP contribution < -0.4 is 0 Å². The molecule has 0 unspecified atom stereocenters. The van der Waals surface area contributed by atoms with Crippen LogP contribution in [-0.4, -0.2) is 64.8 Å². The molecule has 10 heteroatoms. The number of aromatic nitrogens is 1. The normalized spacial score (nSPS) is 24.3. The molecule has 1 saturated heterocycles. The van der Waals surface area contributed by atoms with E-state index in [1.165, 1.54) is 23.7 Å². The molecule has 1 saturated carbocycles. The second kappa shape index (κ2) is 14.2. The molecule has 2 fully saturated rings. The maximum atomic E-state index is 14.2. The van der Waals surface area contributed by atoms with Crippen LogP contribution in [0.1, 0.15) is 81.4 Å². The molecule has 2 heterocycles. The van der Waals surface area contributed by atoms with Gasteiger partial charge in [0.25, 0.3) is 0 Å². The number of benzene rings is 1. The first-order chi connectivity index (χ1) is 17.7. The lowest BCUT2D eigenvalue weighted by Gasteiger charge is -2.40. The van der Waals surface area contributed by atoms with E-state index < -0.39 is 12.0 Å². The van der Waals surface area contributed by atoms with Gasteiger partial charge in [0.2, 0.25) is 0 Å². The predicted molar refractivity (Wildman–Crippen MR) is 163 cm³/mol. The third kappa shape index (κ3) is 6.64. The number of fused-ring (bicyclic) bond motifs is 2. The third-order valence-electron chi connectivity index (χ3n) is 9.70. The fraction of sp³-hybridized carbons (Fsp3) is 0.667. The summed E-state index contributed by atoms with van der Waals surface area (Å²) in [5, 5.41) is 14.4. The molecular weight excluding hydrogens is 576 g/mol. The van der Waals surface area contributed by atoms with Gasteiger partial charge in [-0.1, -0.05) is 38.1 Å². The average molecular weight is 621 g/mol. The summed E-state index contributed by atoms with van der Waals surface area (Å²) in [6.07, 6.45) is 7.17. The number of aliphatic carboxylic acids is 1. The van der Waals surface area contributed by atoms with E-state index in [1.54, 1.807) is 12.1 Å². The van der Waals surface area contributed by atoms with Gasteiger partial charge in [-0.3, -0.25) is 9.69 Å². The van der Waals surface area contributed by atoms with Gasteiger partial charge in [-0.25, -0.2) is 4.39 Å². The summed E-state index contributed by atoms with van der Waals surface area (Å²) in [5.74, 6) is 0.710. The lowest BCUT2D eigenvalue weighted by atomic mass is 9.76. The van der Waals surface area contributed by atoms with Crippen molar-refractivity contribution in [3.63, 3.8) is 0 Å². The van der Waals surface area contributed by atoms with Crippen LogP contribution in [0.3, 0.4) is 0 Å². The molecule has 1 N–H and O–H groups in total. The highest BCUT2D eigenvalue weighted by atomic mass is 35.5. The molecule has 6 nitrogen and oxygen atoms in total. The summed E-state index contributed by atoms with van der Waals surface area (Å²) in [4.78, 5) is 16.7. The highest BCUT2D eigenvalue weighted by molar-refractivity contribution is 5.86. The number of nitrogens with zero attached hydrogens (tertiary/aromatic N) is 3. The molecule has 1 aliphatic heterocycles. The Labute approximate surface area is 256 Å². The monoisotopic (exact) mass is 619 g/mol. The van der Waals surface area contributed by atoms with Gasteiger partial charge in [-0.05, 0) is 94.1 Å². The van der Waals surface area contributed by atoms with Gasteiger partial charge < -0.3 is 14.5 Å². The number of likely N-dealkylation sites (tertiary alicyclic amines) is 1. The SMILES string of the molecule is CCc1onc2c1CCC21CCN(C[C@H]2C[C@H](N(C)[C@@H](C(=O)O)C(C)C)C[C@@H]2c2cccc(F)c2)CC1.Cl.Cl.Cl. The van der Waals surface area contributed by atoms with Gasteiger partial charge in [0, 0.05) is 30.0 Å². The second-order valence-electron chi connectivity index (χ2n) is 12.1. The Hall–Kier alpha value is -1.38. The third-order valence-corrected chi connectivity index (χ3v) is 9.70. The summed E-state index contributed by atoms with van der Waals surface area (Å²) in [6, 6.07) is 6.68. The average Bonchev–Trinajstić information content (AvgIpc) is 3.56. The van der Waals surface area contributed by atoms with Crippen LogP contribution in [0.2, 0.25) is 0 Å². The molecular formula is C30H45Cl3FN3O3. The fourth-order valence-electron chi connectivity index (χ4n) is 7.69. The van der Waals surface area contributed by atoms with E-state index in [9.17, 15) is 14.3 Å². The standard InChI is InChI=1S/C30H42FN3O3.3ClH/c1-5-26-24-9-10-30(28(24)32-37-26)11-13-34(14-12-30)18-21-16-23(33(4)27(19(2)3)29(35)36)17-25(21)20-7-6-8-22(31)15-20;;;/h6-8,15,19,21,23,25,27H,5,9-14,16-18H2,1-4H3,(H,35,36);3*1H/t21-,23+,25-,27-;;;/m1.../s1. The number of halogens is 4. The molecule has 1 spiro atoms. The predicted octanol–water partition coefficient (Wildman–Crippen LogP) is 6.52. The van der Waals surface area contributed by atoms with Crippen LogP contribution in [0, 0.1) is 17.7 Å². The largest absolute Gasteiger partial charge is 0.480 e. The molecule has 4 atom stereocenters. The van der Waals surface area contributed by atoms with Gasteiger partial charge in [0.1, 0.15) is 17.6 Å². The molecule has 1 aromatic heterocycles. The number of hydrogen-bond donors (Lipinski definition) is 1. The van der Waals surface area contributed by atoms with Crippen molar-refractivity contribution in [2.45, 2.75) is 89.1 Å². The van der Waals surface area contributed by atoms with E-state index in [0.29, 0.717) is 5.92 Å². The molecule has 1 aromatic carbocycles. The van der Waals surface area contributed by atoms with Crippen LogP contribution >= 0.6 is 37.2 Å². The van der Waals surface area contributed by atoms with E-state index in [1.807, 2.05) is 27.0 Å². The summed E-state index contributed by atoms with van der Waals surface area (Å²) in [6.45, 7) is 9.11. The number of carboxylic acid groups (broad SMARTS) is 1. The Morgan fingerprint density at radius 3 is 2.50 bits per heavy atom. The summed E-state index contributed by atoms with van der Waals surface area (Å²) >= 11 is 0. The minimum absolute atomic E-state index is 0. The van der Waals surface area contributed by atoms with Crippen molar-refractivity contribution in [2.24, 2.45) is 11.8 Å². The summed E-state index contributed by atoms with van der Waals surface area (Å²) < 4.78 is 19.9. The van der Waals surface area contributed by atoms with Crippen LogP contribution in [0.25, 0.3) is 0 Å². The van der Waals surface area contributed by atoms with Crippen molar-refractivity contribution in [2.75, 3.05) is 26.7 Å². The Kier molecular flexibility index (Phi) is 12.4. The lowest BCUT2D eigenvalue weighted by Crippen LogP contribution is -2.47. The van der Waals surface area contributed by atoms with E-state index in [-0.39, 0.29) is 66.3 Å². The molecule has 0 bridgehead atoms. The van der Waals surface area contributed by atoms with Gasteiger partial charge in [-0.15, -0.1) is 37.2 Å². The zero-order chi connectivity index (χ0) is 26.3. The quantitative estimate of drug-likeness (QED) is 0.362. The van der Waals surface area contributed by atoms with E-state index in [4.69, 9.17) is 4.52 Å². The number of likely N-dealkylation sites (N-methyl/N-ethyl adjacent to an activating group) is 1. The number of rotatable bonds is 8. The maximum Gasteiger partial charge on any atom is 0.321 e. The fourth-order valence-corrected chi connectivity index (χ4v) is 7.69. The number of aryl methyl sites for hydroxylation is 1. The van der Waals surface area contributed by atoms with Crippen LogP contribution in [0.5, 0.6) is 0 Å². The van der Waals surface area contributed by atoms with Crippen LogP contribution in [-0.2, 0) is 23.1 Å². The molecule has 40 heavy (non-hydrogen) atoms. The Morgan fingerprint density at radius 2 is 1.90 bits per heavy atom. The molecule has 0 radical (unpaired) electrons. The van der Waals surface area contributed by atoms with Gasteiger partial charge in [0.05, 0.1) is 5.69 Å². The number of hydrogen-bond acceptors (Lipinski definition) is 5. The van der Waals surface area contributed by atoms with E-state index in [0.717, 1.165) is 69.5 Å². The lowest BCUT2D eigenvalue weighted by molar-refractivity contribution is -0.145. The second-order valence-corrected chi connectivity index (χ2v) is 12.1. The Morgan fingerprint density at radius 1 is 1.20 bits per heavy atom. The van der Waals surface area contributed by atoms with Crippen molar-refractivity contribution < 1.29 is 18.8 Å². The van der Waals surface area contributed by atoms with E-state index >= 15 is 0 Å². The summed E-state index contributed by atoms with van der Waals surface area (Å²) in [5.41, 5.74) is 3.79. The zero-order valence-electron chi connectivity index (χ0n) is 24.0. The van der Waals surface area contributed by atoms with Crippen molar-refractivity contribution >= 4 is 43.2 Å². The van der Waals surface area contributed by atoms with Gasteiger partial charge >= 0.3 is 5.97 Å². The van der Waals surface area contributed by atoms with Gasteiger partial charge in [-0.2, -0.15) is 0 Å². The number of carbonyl (C=O) groups is 1. The van der Waals surface area contributed by atoms with Crippen molar-refractivity contribution in [3.8, 4) is 0 Å². The molecule has 2 aromatic rings. The van der Waals surface area contributed by atoms with Crippen molar-refractivity contribution in [1.82, 2.24) is 15.0 Å². The highest BCUT2D eigenvalue weighted by Crippen LogP contribution is 2.48. The van der Waals surface area contributed by atoms with Crippen molar-refractivity contribution in [1.29, 1.82) is 0 Å². The first-order valence-electron chi connectivity index (χ1n) is 14.1. The van der Waals surface area contributed by atoms with Crippen LogP contribution in [0.15, 0.2) is 28.8 Å². The highest BCUT2D eigenvalue weighted by Gasteiger charge is 2.46. The number of carboxylic acids is 1. The zero-order valence-corrected chi connectivity index (χ0v) is 26.4. The number of piperidine rings is 1. The minimum Gasteiger partial charge on any atom is -0.480 e. The van der Waals surface area contributed by atoms with E-state index in [2.05, 4.69) is 21.9 Å². The van der Waals surface area contributed by atoms with Gasteiger partial charge in [0.15, 0.2) is 0 Å². The smallest absolute Gasteiger partial charge is 0.321 e. The Balaban J connectivity index is 0.00000187. The first-order valence-corrected chi connectivity index (χ1v) is 14.1. The molecule has 2 aliphatic carbocycles. The summed E-state index contributed by atoms with van der Waals surface area (Å²) in [7, 11) is 1.96.